The predicted molar refractivity (Wildman–Crippen MR) is 68.4 cm³/mol. The molecule has 0 aliphatic heterocycles. The maximum Gasteiger partial charge on any atom is 0.271 e. The van der Waals surface area contributed by atoms with Crippen molar-refractivity contribution in [2.45, 2.75) is 50.6 Å². The standard InChI is InChI=1S/C13H18N4O/c18-13(17-10-5-6-10)11-7-15-12(8-14-11)16-9-3-1-2-4-9/h7-10H,1-6H2,(H,15,16)(H,17,18). The molecule has 1 aromatic rings. The Balaban J connectivity index is 1.58. The van der Waals surface area contributed by atoms with E-state index in [1.807, 2.05) is 0 Å². The summed E-state index contributed by atoms with van der Waals surface area (Å²) in [6.07, 6.45) is 10.3. The van der Waals surface area contributed by atoms with Gasteiger partial charge in [-0.2, -0.15) is 0 Å². The Morgan fingerprint density at radius 3 is 2.44 bits per heavy atom. The van der Waals surface area contributed by atoms with Crippen LogP contribution in [0.3, 0.4) is 0 Å². The van der Waals surface area contributed by atoms with Crippen LogP contribution in [0.1, 0.15) is 49.0 Å². The molecule has 0 unspecified atom stereocenters. The van der Waals surface area contributed by atoms with E-state index in [2.05, 4.69) is 20.6 Å². The second kappa shape index (κ2) is 4.92. The molecule has 96 valence electrons. The summed E-state index contributed by atoms with van der Waals surface area (Å²) in [5.41, 5.74) is 0.402. The van der Waals surface area contributed by atoms with Gasteiger partial charge in [-0.3, -0.25) is 4.79 Å². The quantitative estimate of drug-likeness (QED) is 0.849. The third-order valence-corrected chi connectivity index (χ3v) is 3.50. The molecule has 2 aliphatic rings. The zero-order valence-electron chi connectivity index (χ0n) is 10.4. The third kappa shape index (κ3) is 2.78. The average molecular weight is 246 g/mol. The lowest BCUT2D eigenvalue weighted by atomic mass is 10.2. The molecule has 1 amide bonds. The number of carbonyl (C=O) groups excluding carboxylic acids is 1. The summed E-state index contributed by atoms with van der Waals surface area (Å²) < 4.78 is 0. The van der Waals surface area contributed by atoms with E-state index < -0.39 is 0 Å². The van der Waals surface area contributed by atoms with Crippen molar-refractivity contribution >= 4 is 11.7 Å². The van der Waals surface area contributed by atoms with Gasteiger partial charge in [0.2, 0.25) is 0 Å². The van der Waals surface area contributed by atoms with Gasteiger partial charge in [-0.1, -0.05) is 12.8 Å². The highest BCUT2D eigenvalue weighted by atomic mass is 16.2. The molecular formula is C13H18N4O. The molecule has 2 fully saturated rings. The van der Waals surface area contributed by atoms with E-state index in [1.165, 1.54) is 25.7 Å². The minimum Gasteiger partial charge on any atom is -0.366 e. The first-order valence-electron chi connectivity index (χ1n) is 6.71. The summed E-state index contributed by atoms with van der Waals surface area (Å²) in [6.45, 7) is 0. The summed E-state index contributed by atoms with van der Waals surface area (Å²) in [4.78, 5) is 20.1. The topological polar surface area (TPSA) is 66.9 Å². The van der Waals surface area contributed by atoms with Crippen LogP contribution in [0.4, 0.5) is 5.82 Å². The Bertz CT molecular complexity index is 421. The molecule has 0 spiro atoms. The third-order valence-electron chi connectivity index (χ3n) is 3.50. The lowest BCUT2D eigenvalue weighted by molar-refractivity contribution is 0.0945. The summed E-state index contributed by atoms with van der Waals surface area (Å²) in [6, 6.07) is 0.876. The summed E-state index contributed by atoms with van der Waals surface area (Å²) in [5.74, 6) is 0.655. The number of carbonyl (C=O) groups is 1. The highest BCUT2D eigenvalue weighted by Crippen LogP contribution is 2.21. The molecule has 1 aromatic heterocycles. The predicted octanol–water partition coefficient (Wildman–Crippen LogP) is 1.72. The Kier molecular flexibility index (Phi) is 3.13. The first-order chi connectivity index (χ1) is 8.81. The first kappa shape index (κ1) is 11.4. The number of amides is 1. The van der Waals surface area contributed by atoms with E-state index in [1.54, 1.807) is 12.4 Å². The molecule has 0 saturated heterocycles. The zero-order chi connectivity index (χ0) is 12.4. The van der Waals surface area contributed by atoms with Gasteiger partial charge in [-0.15, -0.1) is 0 Å². The van der Waals surface area contributed by atoms with Crippen LogP contribution in [0.5, 0.6) is 0 Å². The van der Waals surface area contributed by atoms with Crippen LogP contribution in [-0.4, -0.2) is 28.0 Å². The Hall–Kier alpha value is -1.65. The summed E-state index contributed by atoms with van der Waals surface area (Å²) >= 11 is 0. The van der Waals surface area contributed by atoms with Crippen molar-refractivity contribution < 1.29 is 4.79 Å². The zero-order valence-corrected chi connectivity index (χ0v) is 10.4. The van der Waals surface area contributed by atoms with Crippen LogP contribution < -0.4 is 10.6 Å². The van der Waals surface area contributed by atoms with Gasteiger partial charge >= 0.3 is 0 Å². The molecular weight excluding hydrogens is 228 g/mol. The van der Waals surface area contributed by atoms with E-state index in [0.717, 1.165) is 18.7 Å². The summed E-state index contributed by atoms with van der Waals surface area (Å²) in [5, 5.41) is 6.26. The molecule has 5 nitrogen and oxygen atoms in total. The van der Waals surface area contributed by atoms with E-state index in [0.29, 0.717) is 17.8 Å². The van der Waals surface area contributed by atoms with Gasteiger partial charge in [-0.25, -0.2) is 9.97 Å². The van der Waals surface area contributed by atoms with Crippen LogP contribution in [0.25, 0.3) is 0 Å². The van der Waals surface area contributed by atoms with Crippen molar-refractivity contribution in [3.8, 4) is 0 Å². The fourth-order valence-corrected chi connectivity index (χ4v) is 2.29. The van der Waals surface area contributed by atoms with E-state index in [4.69, 9.17) is 0 Å². The molecule has 0 radical (unpaired) electrons. The van der Waals surface area contributed by atoms with Gasteiger partial charge in [-0.05, 0) is 25.7 Å². The monoisotopic (exact) mass is 246 g/mol. The second-order valence-electron chi connectivity index (χ2n) is 5.16. The van der Waals surface area contributed by atoms with E-state index >= 15 is 0 Å². The van der Waals surface area contributed by atoms with E-state index in [-0.39, 0.29) is 5.91 Å². The minimum atomic E-state index is -0.114. The van der Waals surface area contributed by atoms with Gasteiger partial charge in [0, 0.05) is 12.1 Å². The number of rotatable bonds is 4. The molecule has 0 atom stereocenters. The Morgan fingerprint density at radius 1 is 1.06 bits per heavy atom. The number of aromatic nitrogens is 2. The average Bonchev–Trinajstić information content (AvgIpc) is 3.04. The van der Waals surface area contributed by atoms with Crippen LogP contribution in [0.2, 0.25) is 0 Å². The van der Waals surface area contributed by atoms with Gasteiger partial charge < -0.3 is 10.6 Å². The van der Waals surface area contributed by atoms with Crippen LogP contribution in [0, 0.1) is 0 Å². The van der Waals surface area contributed by atoms with Crippen molar-refractivity contribution in [3.63, 3.8) is 0 Å². The fraction of sp³-hybridized carbons (Fsp3) is 0.615. The Labute approximate surface area is 106 Å². The number of hydrogen-bond donors (Lipinski definition) is 2. The second-order valence-corrected chi connectivity index (χ2v) is 5.16. The number of hydrogen-bond acceptors (Lipinski definition) is 4. The van der Waals surface area contributed by atoms with Crippen molar-refractivity contribution in [3.05, 3.63) is 18.1 Å². The fourth-order valence-electron chi connectivity index (χ4n) is 2.29. The minimum absolute atomic E-state index is 0.114. The van der Waals surface area contributed by atoms with Crippen LogP contribution in [-0.2, 0) is 0 Å². The van der Waals surface area contributed by atoms with Gasteiger partial charge in [0.05, 0.1) is 12.4 Å². The molecule has 2 aliphatic carbocycles. The van der Waals surface area contributed by atoms with Crippen LogP contribution in [0.15, 0.2) is 12.4 Å². The smallest absolute Gasteiger partial charge is 0.271 e. The lowest BCUT2D eigenvalue weighted by Gasteiger charge is -2.12. The molecule has 2 saturated carbocycles. The molecule has 2 N–H and O–H groups in total. The Morgan fingerprint density at radius 2 is 1.83 bits per heavy atom. The van der Waals surface area contributed by atoms with E-state index in [9.17, 15) is 4.79 Å². The first-order valence-corrected chi connectivity index (χ1v) is 6.71. The van der Waals surface area contributed by atoms with Gasteiger partial charge in [0.15, 0.2) is 0 Å². The lowest BCUT2D eigenvalue weighted by Crippen LogP contribution is -2.26. The van der Waals surface area contributed by atoms with Gasteiger partial charge in [0.25, 0.3) is 5.91 Å². The molecule has 0 bridgehead atoms. The number of nitrogens with zero attached hydrogens (tertiary/aromatic N) is 2. The highest BCUT2D eigenvalue weighted by molar-refractivity contribution is 5.92. The highest BCUT2D eigenvalue weighted by Gasteiger charge is 2.24. The van der Waals surface area contributed by atoms with Gasteiger partial charge in [0.1, 0.15) is 11.5 Å². The molecule has 1 heterocycles. The number of anilines is 1. The maximum atomic E-state index is 11.7. The normalized spacial score (nSPS) is 19.8. The SMILES string of the molecule is O=C(NC1CC1)c1cnc(NC2CCCC2)cn1. The summed E-state index contributed by atoms with van der Waals surface area (Å²) in [7, 11) is 0. The van der Waals surface area contributed by atoms with Crippen molar-refractivity contribution in [2.24, 2.45) is 0 Å². The molecule has 3 rings (SSSR count). The van der Waals surface area contributed by atoms with Crippen molar-refractivity contribution in [1.82, 2.24) is 15.3 Å². The molecule has 0 aromatic carbocycles. The van der Waals surface area contributed by atoms with Crippen LogP contribution >= 0.6 is 0 Å². The molecule has 18 heavy (non-hydrogen) atoms. The van der Waals surface area contributed by atoms with Crippen molar-refractivity contribution in [1.29, 1.82) is 0 Å². The number of nitrogens with one attached hydrogen (secondary N) is 2. The maximum absolute atomic E-state index is 11.7. The largest absolute Gasteiger partial charge is 0.366 e. The molecule has 5 heteroatoms. The van der Waals surface area contributed by atoms with Crippen molar-refractivity contribution in [2.75, 3.05) is 5.32 Å².